The van der Waals surface area contributed by atoms with E-state index in [1.165, 1.54) is 0 Å². The number of aliphatic hydroxyl groups is 1. The highest BCUT2D eigenvalue weighted by Gasteiger charge is 2.11. The lowest BCUT2D eigenvalue weighted by Gasteiger charge is -2.17. The van der Waals surface area contributed by atoms with Crippen LogP contribution in [0.5, 0.6) is 5.75 Å². The number of benzene rings is 1. The lowest BCUT2D eigenvalue weighted by atomic mass is 10.1. The molecule has 1 rings (SSSR count). The van der Waals surface area contributed by atoms with Crippen LogP contribution in [-0.4, -0.2) is 44.7 Å². The second-order valence-electron chi connectivity index (χ2n) is 4.86. The summed E-state index contributed by atoms with van der Waals surface area (Å²) in [6.45, 7) is 5.27. The molecule has 0 radical (unpaired) electrons. The molecule has 0 saturated heterocycles. The van der Waals surface area contributed by atoms with Gasteiger partial charge in [-0.2, -0.15) is 0 Å². The average molecular weight is 283 g/mol. The normalized spacial score (nSPS) is 14.1. The van der Waals surface area contributed by atoms with Crippen LogP contribution in [0.3, 0.4) is 0 Å². The molecule has 5 heteroatoms. The van der Waals surface area contributed by atoms with Gasteiger partial charge in [-0.05, 0) is 25.5 Å². The summed E-state index contributed by atoms with van der Waals surface area (Å²) in [5.74, 6) is 0.718. The molecule has 1 unspecified atom stereocenters. The fourth-order valence-electron chi connectivity index (χ4n) is 1.74. The van der Waals surface area contributed by atoms with E-state index in [1.54, 1.807) is 7.11 Å². The third-order valence-electron chi connectivity index (χ3n) is 2.83. The van der Waals surface area contributed by atoms with Gasteiger partial charge >= 0.3 is 0 Å². The Morgan fingerprint density at radius 3 is 2.65 bits per heavy atom. The van der Waals surface area contributed by atoms with E-state index in [4.69, 9.17) is 19.9 Å². The van der Waals surface area contributed by atoms with Crippen molar-refractivity contribution >= 4 is 0 Å². The van der Waals surface area contributed by atoms with Crippen molar-refractivity contribution < 1.29 is 19.3 Å². The van der Waals surface area contributed by atoms with Gasteiger partial charge in [0.05, 0.1) is 19.8 Å². The van der Waals surface area contributed by atoms with E-state index in [-0.39, 0.29) is 19.3 Å². The van der Waals surface area contributed by atoms with Crippen LogP contribution in [-0.2, 0) is 9.47 Å². The summed E-state index contributed by atoms with van der Waals surface area (Å²) < 4.78 is 15.8. The zero-order chi connectivity index (χ0) is 15.0. The predicted molar refractivity (Wildman–Crippen MR) is 78.0 cm³/mol. The Kier molecular flexibility index (Phi) is 7.54. The molecule has 3 N–H and O–H groups in total. The first-order valence-electron chi connectivity index (χ1n) is 6.78. The van der Waals surface area contributed by atoms with Gasteiger partial charge in [0.1, 0.15) is 18.5 Å². The number of methoxy groups -OCH3 is 1. The Morgan fingerprint density at radius 1 is 1.25 bits per heavy atom. The molecule has 0 fully saturated rings. The van der Waals surface area contributed by atoms with Gasteiger partial charge in [0.15, 0.2) is 0 Å². The Balaban J connectivity index is 2.46. The molecule has 0 aromatic heterocycles. The van der Waals surface area contributed by atoms with Gasteiger partial charge < -0.3 is 25.1 Å². The minimum absolute atomic E-state index is 0.110. The highest BCUT2D eigenvalue weighted by atomic mass is 16.5. The third-order valence-corrected chi connectivity index (χ3v) is 2.83. The van der Waals surface area contributed by atoms with Crippen molar-refractivity contribution in [3.05, 3.63) is 29.3 Å². The van der Waals surface area contributed by atoms with Crippen LogP contribution in [0.2, 0.25) is 0 Å². The molecule has 0 spiro atoms. The Hall–Kier alpha value is -1.14. The Morgan fingerprint density at radius 2 is 2.00 bits per heavy atom. The molecule has 0 heterocycles. The largest absolute Gasteiger partial charge is 0.490 e. The summed E-state index contributed by atoms with van der Waals surface area (Å²) in [7, 11) is 1.61. The van der Waals surface area contributed by atoms with Gasteiger partial charge in [0, 0.05) is 18.7 Å². The number of ether oxygens (including phenoxy) is 3. The van der Waals surface area contributed by atoms with E-state index >= 15 is 0 Å². The van der Waals surface area contributed by atoms with Crippen LogP contribution < -0.4 is 10.5 Å². The summed E-state index contributed by atoms with van der Waals surface area (Å²) >= 11 is 0. The molecule has 0 aliphatic heterocycles. The molecule has 20 heavy (non-hydrogen) atoms. The highest BCUT2D eigenvalue weighted by molar-refractivity contribution is 5.38. The molecule has 1 aromatic rings. The maximum absolute atomic E-state index is 9.79. The van der Waals surface area contributed by atoms with Gasteiger partial charge in [-0.3, -0.25) is 0 Å². The smallest absolute Gasteiger partial charge is 0.124 e. The minimum atomic E-state index is -0.673. The zero-order valence-electron chi connectivity index (χ0n) is 12.5. The van der Waals surface area contributed by atoms with Crippen molar-refractivity contribution in [1.29, 1.82) is 0 Å². The summed E-state index contributed by atoms with van der Waals surface area (Å²) in [5.41, 5.74) is 7.93. The van der Waals surface area contributed by atoms with Crippen LogP contribution in [0.25, 0.3) is 0 Å². The molecule has 0 aliphatic carbocycles. The predicted octanol–water partition coefficient (Wildman–Crippen LogP) is 1.42. The highest BCUT2D eigenvalue weighted by Crippen LogP contribution is 2.25. The van der Waals surface area contributed by atoms with Gasteiger partial charge in [0.2, 0.25) is 0 Å². The molecule has 0 aliphatic rings. The number of rotatable bonds is 9. The molecule has 0 bridgehead atoms. The molecule has 114 valence electrons. The van der Waals surface area contributed by atoms with Gasteiger partial charge in [0.25, 0.3) is 0 Å². The van der Waals surface area contributed by atoms with Crippen molar-refractivity contribution in [2.45, 2.75) is 26.0 Å². The quantitative estimate of drug-likeness (QED) is 0.670. The summed E-state index contributed by atoms with van der Waals surface area (Å²) in [6.07, 6.45) is -0.673. The maximum Gasteiger partial charge on any atom is 0.124 e. The maximum atomic E-state index is 9.79. The van der Waals surface area contributed by atoms with Gasteiger partial charge in [-0.1, -0.05) is 12.1 Å². The Labute approximate surface area is 120 Å². The second kappa shape index (κ2) is 8.92. The summed E-state index contributed by atoms with van der Waals surface area (Å²) in [4.78, 5) is 0. The number of nitrogens with two attached hydrogens (primary N) is 1. The first-order chi connectivity index (χ1) is 9.54. The topological polar surface area (TPSA) is 73.9 Å². The van der Waals surface area contributed by atoms with E-state index in [0.717, 1.165) is 16.9 Å². The second-order valence-corrected chi connectivity index (χ2v) is 4.86. The lowest BCUT2D eigenvalue weighted by Crippen LogP contribution is -2.25. The first-order valence-corrected chi connectivity index (χ1v) is 6.78. The fourth-order valence-corrected chi connectivity index (χ4v) is 1.74. The van der Waals surface area contributed by atoms with Crippen molar-refractivity contribution in [3.63, 3.8) is 0 Å². The van der Waals surface area contributed by atoms with E-state index in [2.05, 4.69) is 0 Å². The van der Waals surface area contributed by atoms with Crippen LogP contribution in [0.1, 0.15) is 24.1 Å². The van der Waals surface area contributed by atoms with Crippen molar-refractivity contribution in [2.24, 2.45) is 5.73 Å². The first kappa shape index (κ1) is 16.9. The van der Waals surface area contributed by atoms with Crippen LogP contribution >= 0.6 is 0 Å². The average Bonchev–Trinajstić information content (AvgIpc) is 2.41. The molecule has 0 amide bonds. The molecular weight excluding hydrogens is 258 g/mol. The molecule has 1 aromatic carbocycles. The van der Waals surface area contributed by atoms with E-state index in [0.29, 0.717) is 13.2 Å². The number of hydrogen-bond donors (Lipinski definition) is 2. The van der Waals surface area contributed by atoms with Crippen LogP contribution in [0.15, 0.2) is 18.2 Å². The zero-order valence-corrected chi connectivity index (χ0v) is 12.5. The number of aliphatic hydroxyl groups excluding tert-OH is 1. The molecular formula is C15H25NO4. The van der Waals surface area contributed by atoms with Crippen molar-refractivity contribution in [1.82, 2.24) is 0 Å². The van der Waals surface area contributed by atoms with Gasteiger partial charge in [-0.15, -0.1) is 0 Å². The standard InChI is InChI=1S/C15H25NO4/c1-11-4-5-14(12(2)16)15(8-11)20-10-13(17)9-19-7-6-18-3/h4-5,8,12-13,17H,6-7,9-10,16H2,1-3H3/t12-,13?/m1/s1. The van der Waals surface area contributed by atoms with E-state index in [9.17, 15) is 5.11 Å². The van der Waals surface area contributed by atoms with Crippen LogP contribution in [0.4, 0.5) is 0 Å². The molecule has 5 nitrogen and oxygen atoms in total. The summed E-state index contributed by atoms with van der Waals surface area (Å²) in [5, 5.41) is 9.79. The molecule has 0 saturated carbocycles. The monoisotopic (exact) mass is 283 g/mol. The van der Waals surface area contributed by atoms with E-state index in [1.807, 2.05) is 32.0 Å². The Bertz CT molecular complexity index is 395. The SMILES string of the molecule is COCCOCC(O)COc1cc(C)ccc1[C@@H](C)N. The van der Waals surface area contributed by atoms with Gasteiger partial charge in [-0.25, -0.2) is 0 Å². The third kappa shape index (κ3) is 5.88. The summed E-state index contributed by atoms with van der Waals surface area (Å²) in [6, 6.07) is 5.77. The van der Waals surface area contributed by atoms with Crippen molar-refractivity contribution in [2.75, 3.05) is 33.5 Å². The number of aryl methyl sites for hydroxylation is 1. The molecule has 2 atom stereocenters. The number of hydrogen-bond acceptors (Lipinski definition) is 5. The fraction of sp³-hybridized carbons (Fsp3) is 0.600. The van der Waals surface area contributed by atoms with Crippen molar-refractivity contribution in [3.8, 4) is 5.75 Å². The van der Waals surface area contributed by atoms with E-state index < -0.39 is 6.10 Å². The lowest BCUT2D eigenvalue weighted by molar-refractivity contribution is -0.00435. The minimum Gasteiger partial charge on any atom is -0.490 e. The van der Waals surface area contributed by atoms with Crippen LogP contribution in [0, 0.1) is 6.92 Å².